The summed E-state index contributed by atoms with van der Waals surface area (Å²) in [5.74, 6) is 0. The predicted octanol–water partition coefficient (Wildman–Crippen LogP) is 4.14. The van der Waals surface area contributed by atoms with Crippen LogP contribution in [-0.4, -0.2) is 39.3 Å². The number of hydrogen-bond donors (Lipinski definition) is 2. The standard InChI is InChI=1S/C24H29N5O/c1-18-22(15-26-29(18)21-11-5-4-6-12-21)27-23(30)25-17-24(2,3)28-14-13-19-9-7-8-10-20(19)16-28/h4-12,15H,13-14,16-17H2,1-3H3,(H2,25,27,30). The topological polar surface area (TPSA) is 62.2 Å². The van der Waals surface area contributed by atoms with E-state index in [1.54, 1.807) is 6.20 Å². The van der Waals surface area contributed by atoms with Crippen molar-refractivity contribution in [2.24, 2.45) is 0 Å². The molecule has 156 valence electrons. The molecule has 4 rings (SSSR count). The molecule has 0 unspecified atom stereocenters. The Morgan fingerprint density at radius 1 is 1.07 bits per heavy atom. The number of urea groups is 1. The molecular formula is C24H29N5O. The summed E-state index contributed by atoms with van der Waals surface area (Å²) in [6, 6.07) is 18.3. The summed E-state index contributed by atoms with van der Waals surface area (Å²) in [5.41, 5.74) is 5.24. The van der Waals surface area contributed by atoms with Crippen LogP contribution in [0.15, 0.2) is 60.8 Å². The number of rotatable bonds is 5. The van der Waals surface area contributed by atoms with Crippen molar-refractivity contribution < 1.29 is 4.79 Å². The summed E-state index contributed by atoms with van der Waals surface area (Å²) in [5, 5.41) is 10.4. The smallest absolute Gasteiger partial charge is 0.319 e. The van der Waals surface area contributed by atoms with Crippen LogP contribution in [0.1, 0.15) is 30.7 Å². The Morgan fingerprint density at radius 2 is 1.77 bits per heavy atom. The summed E-state index contributed by atoms with van der Waals surface area (Å²) in [7, 11) is 0. The quantitative estimate of drug-likeness (QED) is 0.673. The second-order valence-electron chi connectivity index (χ2n) is 8.45. The molecule has 2 aromatic carbocycles. The average Bonchev–Trinajstić information content (AvgIpc) is 3.12. The Hall–Kier alpha value is -3.12. The second-order valence-corrected chi connectivity index (χ2v) is 8.45. The number of nitrogens with zero attached hydrogens (tertiary/aromatic N) is 3. The van der Waals surface area contributed by atoms with Crippen LogP contribution >= 0.6 is 0 Å². The van der Waals surface area contributed by atoms with E-state index in [0.717, 1.165) is 30.9 Å². The zero-order valence-electron chi connectivity index (χ0n) is 17.9. The third-order valence-corrected chi connectivity index (χ3v) is 5.93. The lowest BCUT2D eigenvalue weighted by Gasteiger charge is -2.41. The fraction of sp³-hybridized carbons (Fsp3) is 0.333. The first-order valence-corrected chi connectivity index (χ1v) is 10.4. The molecule has 6 heteroatoms. The van der Waals surface area contributed by atoms with Gasteiger partial charge in [-0.3, -0.25) is 4.90 Å². The van der Waals surface area contributed by atoms with Crippen LogP contribution < -0.4 is 10.6 Å². The van der Waals surface area contributed by atoms with Crippen molar-refractivity contribution in [1.29, 1.82) is 0 Å². The molecule has 3 aromatic rings. The van der Waals surface area contributed by atoms with E-state index in [0.29, 0.717) is 12.2 Å². The molecular weight excluding hydrogens is 374 g/mol. The molecule has 0 saturated carbocycles. The Kier molecular flexibility index (Phi) is 5.59. The van der Waals surface area contributed by atoms with E-state index in [2.05, 4.69) is 58.7 Å². The highest BCUT2D eigenvalue weighted by atomic mass is 16.2. The highest BCUT2D eigenvalue weighted by molar-refractivity contribution is 5.89. The number of para-hydroxylation sites is 1. The van der Waals surface area contributed by atoms with Gasteiger partial charge in [0.15, 0.2) is 0 Å². The molecule has 2 N–H and O–H groups in total. The molecule has 2 heterocycles. The van der Waals surface area contributed by atoms with E-state index in [9.17, 15) is 4.79 Å². The van der Waals surface area contributed by atoms with Crippen molar-refractivity contribution in [3.63, 3.8) is 0 Å². The summed E-state index contributed by atoms with van der Waals surface area (Å²) in [6.45, 7) is 8.78. The predicted molar refractivity (Wildman–Crippen MR) is 120 cm³/mol. The number of aromatic nitrogens is 2. The summed E-state index contributed by atoms with van der Waals surface area (Å²) >= 11 is 0. The van der Waals surface area contributed by atoms with Gasteiger partial charge >= 0.3 is 6.03 Å². The Morgan fingerprint density at radius 3 is 2.53 bits per heavy atom. The lowest BCUT2D eigenvalue weighted by molar-refractivity contribution is 0.105. The van der Waals surface area contributed by atoms with Gasteiger partial charge in [-0.2, -0.15) is 5.10 Å². The fourth-order valence-corrected chi connectivity index (χ4v) is 3.95. The summed E-state index contributed by atoms with van der Waals surface area (Å²) < 4.78 is 1.82. The van der Waals surface area contributed by atoms with Crippen LogP contribution in [0, 0.1) is 6.92 Å². The van der Waals surface area contributed by atoms with Crippen LogP contribution in [0.3, 0.4) is 0 Å². The minimum atomic E-state index is -0.212. The summed E-state index contributed by atoms with van der Waals surface area (Å²) in [4.78, 5) is 15.0. The van der Waals surface area contributed by atoms with E-state index in [4.69, 9.17) is 0 Å². The molecule has 0 bridgehead atoms. The lowest BCUT2D eigenvalue weighted by Crippen LogP contribution is -2.53. The average molecular weight is 404 g/mol. The number of hydrogen-bond acceptors (Lipinski definition) is 3. The minimum absolute atomic E-state index is 0.145. The molecule has 0 saturated heterocycles. The zero-order chi connectivity index (χ0) is 21.1. The maximum atomic E-state index is 12.6. The first kappa shape index (κ1) is 20.2. The first-order chi connectivity index (χ1) is 14.4. The highest BCUT2D eigenvalue weighted by Crippen LogP contribution is 2.25. The highest BCUT2D eigenvalue weighted by Gasteiger charge is 2.30. The molecule has 0 atom stereocenters. The molecule has 0 radical (unpaired) electrons. The molecule has 2 amide bonds. The van der Waals surface area contributed by atoms with Gasteiger partial charge in [0, 0.05) is 25.2 Å². The third kappa shape index (κ3) is 4.24. The number of amides is 2. The van der Waals surface area contributed by atoms with E-state index in [1.807, 2.05) is 41.9 Å². The van der Waals surface area contributed by atoms with E-state index in [1.165, 1.54) is 11.1 Å². The van der Waals surface area contributed by atoms with Crippen LogP contribution in [0.25, 0.3) is 5.69 Å². The van der Waals surface area contributed by atoms with Crippen molar-refractivity contribution in [2.45, 2.75) is 39.3 Å². The van der Waals surface area contributed by atoms with Gasteiger partial charge in [0.25, 0.3) is 0 Å². The first-order valence-electron chi connectivity index (χ1n) is 10.4. The monoisotopic (exact) mass is 403 g/mol. The van der Waals surface area contributed by atoms with Crippen molar-refractivity contribution in [3.8, 4) is 5.69 Å². The second kappa shape index (κ2) is 8.32. The number of fused-ring (bicyclic) bond motifs is 1. The Balaban J connectivity index is 1.35. The van der Waals surface area contributed by atoms with Crippen molar-refractivity contribution in [3.05, 3.63) is 77.6 Å². The van der Waals surface area contributed by atoms with E-state index < -0.39 is 0 Å². The van der Waals surface area contributed by atoms with Gasteiger partial charge in [0.05, 0.1) is 23.3 Å². The molecule has 1 aliphatic heterocycles. The normalized spacial score (nSPS) is 14.2. The fourth-order valence-electron chi connectivity index (χ4n) is 3.95. The lowest BCUT2D eigenvalue weighted by atomic mass is 9.94. The zero-order valence-corrected chi connectivity index (χ0v) is 17.9. The molecule has 0 fully saturated rings. The Labute approximate surface area is 177 Å². The number of carbonyl (C=O) groups is 1. The Bertz CT molecular complexity index is 1030. The molecule has 0 spiro atoms. The molecule has 6 nitrogen and oxygen atoms in total. The van der Waals surface area contributed by atoms with Gasteiger partial charge < -0.3 is 10.6 Å². The van der Waals surface area contributed by atoms with Gasteiger partial charge in [0.1, 0.15) is 0 Å². The maximum Gasteiger partial charge on any atom is 0.319 e. The largest absolute Gasteiger partial charge is 0.336 e. The number of anilines is 1. The van der Waals surface area contributed by atoms with Crippen molar-refractivity contribution >= 4 is 11.7 Å². The van der Waals surface area contributed by atoms with E-state index >= 15 is 0 Å². The maximum absolute atomic E-state index is 12.6. The van der Waals surface area contributed by atoms with Gasteiger partial charge in [-0.25, -0.2) is 9.48 Å². The van der Waals surface area contributed by atoms with Crippen LogP contribution in [0.5, 0.6) is 0 Å². The summed E-state index contributed by atoms with van der Waals surface area (Å²) in [6.07, 6.45) is 2.73. The van der Waals surface area contributed by atoms with Crippen molar-refractivity contribution in [1.82, 2.24) is 20.0 Å². The van der Waals surface area contributed by atoms with Gasteiger partial charge in [-0.15, -0.1) is 0 Å². The van der Waals surface area contributed by atoms with Crippen LogP contribution in [0.2, 0.25) is 0 Å². The minimum Gasteiger partial charge on any atom is -0.336 e. The molecule has 1 aliphatic rings. The molecule has 1 aromatic heterocycles. The number of carbonyl (C=O) groups excluding carboxylic acids is 1. The van der Waals surface area contributed by atoms with Crippen LogP contribution in [-0.2, 0) is 13.0 Å². The SMILES string of the molecule is Cc1c(NC(=O)NCC(C)(C)N2CCc3ccccc3C2)cnn1-c1ccccc1. The number of nitrogens with one attached hydrogen (secondary N) is 2. The number of benzene rings is 2. The van der Waals surface area contributed by atoms with Gasteiger partial charge in [-0.1, -0.05) is 42.5 Å². The van der Waals surface area contributed by atoms with E-state index in [-0.39, 0.29) is 11.6 Å². The van der Waals surface area contributed by atoms with Crippen LogP contribution in [0.4, 0.5) is 10.5 Å². The molecule has 30 heavy (non-hydrogen) atoms. The third-order valence-electron chi connectivity index (χ3n) is 5.93. The van der Waals surface area contributed by atoms with Gasteiger partial charge in [0.2, 0.25) is 0 Å². The molecule has 0 aliphatic carbocycles. The van der Waals surface area contributed by atoms with Crippen molar-refractivity contribution in [2.75, 3.05) is 18.4 Å². The van der Waals surface area contributed by atoms with Gasteiger partial charge in [-0.05, 0) is 50.5 Å².